The molecule has 2 heterocycles. The second kappa shape index (κ2) is 10.8. The van der Waals surface area contributed by atoms with Crippen LogP contribution in [0.2, 0.25) is 0 Å². The summed E-state index contributed by atoms with van der Waals surface area (Å²) in [6, 6.07) is 57.9. The summed E-state index contributed by atoms with van der Waals surface area (Å²) in [5.41, 5.74) is 10.8. The smallest absolute Gasteiger partial charge is 0.145 e. The van der Waals surface area contributed by atoms with Gasteiger partial charge in [-0.1, -0.05) is 94.8 Å². The Hall–Kier alpha value is -5.58. The molecule has 0 amide bonds. The van der Waals surface area contributed by atoms with Crippen LogP contribution in [0.3, 0.4) is 0 Å². The highest BCUT2D eigenvalue weighted by Gasteiger charge is 2.21. The quantitative estimate of drug-likeness (QED) is 0.184. The molecule has 0 saturated heterocycles. The molecule has 0 aliphatic rings. The highest BCUT2D eigenvalue weighted by atomic mass is 79.9. The number of rotatable bonds is 5. The number of aromatic nitrogens is 1. The van der Waals surface area contributed by atoms with Gasteiger partial charge in [0.25, 0.3) is 0 Å². The highest BCUT2D eigenvalue weighted by molar-refractivity contribution is 9.10. The molecular formula is C42H27BrN2O. The number of hydrogen-bond acceptors (Lipinski definition) is 2. The van der Waals surface area contributed by atoms with Crippen molar-refractivity contribution in [1.82, 2.24) is 4.57 Å². The van der Waals surface area contributed by atoms with Crippen molar-refractivity contribution < 1.29 is 4.42 Å². The van der Waals surface area contributed by atoms with Crippen molar-refractivity contribution >= 4 is 76.7 Å². The molecule has 4 heteroatoms. The molecule has 9 aromatic rings. The Labute approximate surface area is 274 Å². The van der Waals surface area contributed by atoms with Gasteiger partial charge < -0.3 is 13.9 Å². The summed E-state index contributed by atoms with van der Waals surface area (Å²) in [7, 11) is 0. The van der Waals surface area contributed by atoms with Gasteiger partial charge in [-0.25, -0.2) is 0 Å². The fourth-order valence-corrected chi connectivity index (χ4v) is 7.16. The molecule has 2 aromatic heterocycles. The Morgan fingerprint density at radius 3 is 1.98 bits per heavy atom. The van der Waals surface area contributed by atoms with Gasteiger partial charge in [0, 0.05) is 43.4 Å². The molecule has 0 atom stereocenters. The zero-order valence-electron chi connectivity index (χ0n) is 24.8. The molecule has 0 N–H and O–H groups in total. The van der Waals surface area contributed by atoms with E-state index in [2.05, 4.69) is 183 Å². The van der Waals surface area contributed by atoms with E-state index in [4.69, 9.17) is 4.42 Å². The summed E-state index contributed by atoms with van der Waals surface area (Å²) in [6.45, 7) is 0. The van der Waals surface area contributed by atoms with E-state index in [0.29, 0.717) is 0 Å². The van der Waals surface area contributed by atoms with Crippen molar-refractivity contribution in [2.24, 2.45) is 0 Å². The van der Waals surface area contributed by atoms with Gasteiger partial charge in [0.15, 0.2) is 0 Å². The van der Waals surface area contributed by atoms with E-state index in [9.17, 15) is 0 Å². The third-order valence-electron chi connectivity index (χ3n) is 8.83. The first-order valence-corrected chi connectivity index (χ1v) is 16.2. The number of hydrogen-bond donors (Lipinski definition) is 0. The molecule has 0 bridgehead atoms. The van der Waals surface area contributed by atoms with Crippen molar-refractivity contribution in [3.05, 3.63) is 168 Å². The van der Waals surface area contributed by atoms with E-state index in [1.165, 1.54) is 11.1 Å². The third-order valence-corrected chi connectivity index (χ3v) is 9.32. The molecular weight excluding hydrogens is 628 g/mol. The molecule has 9 rings (SSSR count). The Morgan fingerprint density at radius 1 is 0.478 bits per heavy atom. The monoisotopic (exact) mass is 654 g/mol. The number of fused-ring (bicyclic) bond motifs is 7. The molecule has 3 nitrogen and oxygen atoms in total. The zero-order valence-corrected chi connectivity index (χ0v) is 26.4. The van der Waals surface area contributed by atoms with Gasteiger partial charge in [-0.3, -0.25) is 0 Å². The van der Waals surface area contributed by atoms with Crippen molar-refractivity contribution in [2.75, 3.05) is 4.90 Å². The van der Waals surface area contributed by atoms with Crippen LogP contribution in [0.15, 0.2) is 173 Å². The molecule has 7 aromatic carbocycles. The lowest BCUT2D eigenvalue weighted by Gasteiger charge is -2.26. The van der Waals surface area contributed by atoms with Crippen LogP contribution in [0.25, 0.3) is 60.6 Å². The number of anilines is 3. The molecule has 0 radical (unpaired) electrons. The minimum Gasteiger partial charge on any atom is -0.455 e. The number of nitrogens with zero attached hydrogens (tertiary/aromatic N) is 2. The lowest BCUT2D eigenvalue weighted by molar-refractivity contribution is 0.673. The maximum atomic E-state index is 6.57. The first-order valence-electron chi connectivity index (χ1n) is 15.4. The average molecular weight is 656 g/mol. The van der Waals surface area contributed by atoms with Crippen LogP contribution in [0.1, 0.15) is 0 Å². The molecule has 0 aliphatic carbocycles. The van der Waals surface area contributed by atoms with Crippen molar-refractivity contribution in [1.29, 1.82) is 0 Å². The second-order valence-electron chi connectivity index (χ2n) is 11.5. The minimum atomic E-state index is 0.906. The Morgan fingerprint density at radius 2 is 1.17 bits per heavy atom. The van der Waals surface area contributed by atoms with Crippen LogP contribution < -0.4 is 4.90 Å². The SMILES string of the molecule is Brc1cccc(-c2ccc(N(c3ccccc3)c3ccc4c5c6oc7ccccc7c6ccc5n(-c5ccccc5)c4c3)cc2)c1. The lowest BCUT2D eigenvalue weighted by atomic mass is 10.0. The second-order valence-corrected chi connectivity index (χ2v) is 12.5. The van der Waals surface area contributed by atoms with E-state index in [1.807, 2.05) is 6.07 Å². The number of para-hydroxylation sites is 3. The van der Waals surface area contributed by atoms with Crippen LogP contribution >= 0.6 is 15.9 Å². The number of benzene rings is 7. The molecule has 0 fully saturated rings. The zero-order chi connectivity index (χ0) is 30.6. The van der Waals surface area contributed by atoms with Crippen molar-refractivity contribution in [3.63, 3.8) is 0 Å². The normalized spacial score (nSPS) is 11.6. The molecule has 0 spiro atoms. The fraction of sp³-hybridized carbons (Fsp3) is 0. The molecule has 0 saturated carbocycles. The maximum absolute atomic E-state index is 6.57. The van der Waals surface area contributed by atoms with Crippen LogP contribution in [0.4, 0.5) is 17.1 Å². The summed E-state index contributed by atoms with van der Waals surface area (Å²) in [5.74, 6) is 0. The third kappa shape index (κ3) is 4.33. The Bertz CT molecular complexity index is 2530. The van der Waals surface area contributed by atoms with E-state index >= 15 is 0 Å². The van der Waals surface area contributed by atoms with Gasteiger partial charge in [-0.05, 0) is 96.1 Å². The first kappa shape index (κ1) is 26.8. The van der Waals surface area contributed by atoms with Crippen LogP contribution in [0, 0.1) is 0 Å². The molecule has 46 heavy (non-hydrogen) atoms. The molecule has 0 aliphatic heterocycles. The number of halogens is 1. The predicted molar refractivity (Wildman–Crippen MR) is 196 cm³/mol. The van der Waals surface area contributed by atoms with Gasteiger partial charge in [-0.2, -0.15) is 0 Å². The van der Waals surface area contributed by atoms with Crippen LogP contribution in [-0.2, 0) is 0 Å². The van der Waals surface area contributed by atoms with Gasteiger partial charge in [0.05, 0.1) is 16.4 Å². The van der Waals surface area contributed by atoms with E-state index in [-0.39, 0.29) is 0 Å². The van der Waals surface area contributed by atoms with Crippen LogP contribution in [-0.4, -0.2) is 4.57 Å². The van der Waals surface area contributed by atoms with Gasteiger partial charge in [-0.15, -0.1) is 0 Å². The summed E-state index contributed by atoms with van der Waals surface area (Å²) in [5, 5.41) is 4.56. The van der Waals surface area contributed by atoms with E-state index < -0.39 is 0 Å². The van der Waals surface area contributed by atoms with Gasteiger partial charge in [0.1, 0.15) is 11.2 Å². The fourth-order valence-electron chi connectivity index (χ4n) is 6.76. The molecule has 218 valence electrons. The van der Waals surface area contributed by atoms with Gasteiger partial charge >= 0.3 is 0 Å². The summed E-state index contributed by atoms with van der Waals surface area (Å²) in [4.78, 5) is 2.33. The predicted octanol–water partition coefficient (Wildman–Crippen LogP) is 12.6. The van der Waals surface area contributed by atoms with E-state index in [0.717, 1.165) is 71.0 Å². The van der Waals surface area contributed by atoms with Crippen molar-refractivity contribution in [2.45, 2.75) is 0 Å². The largest absolute Gasteiger partial charge is 0.455 e. The number of furan rings is 1. The standard InChI is InChI=1S/C42H27BrN2O/c43-30-11-9-10-29(26-30)28-18-20-33(21-19-28)44(31-12-3-1-4-13-31)34-22-23-37-39(27-34)45(32-14-5-2-6-15-32)38-25-24-36-35-16-7-8-17-40(35)46-42(36)41(37)38/h1-27H. The first-order chi connectivity index (χ1) is 22.7. The van der Waals surface area contributed by atoms with Gasteiger partial charge in [0.2, 0.25) is 0 Å². The van der Waals surface area contributed by atoms with Crippen LogP contribution in [0.5, 0.6) is 0 Å². The summed E-state index contributed by atoms with van der Waals surface area (Å²) in [6.07, 6.45) is 0. The summed E-state index contributed by atoms with van der Waals surface area (Å²) < 4.78 is 10.0. The lowest BCUT2D eigenvalue weighted by Crippen LogP contribution is -2.10. The topological polar surface area (TPSA) is 21.3 Å². The van der Waals surface area contributed by atoms with Crippen molar-refractivity contribution in [3.8, 4) is 16.8 Å². The average Bonchev–Trinajstić information content (AvgIpc) is 3.65. The molecule has 0 unspecified atom stereocenters. The highest BCUT2D eigenvalue weighted by Crippen LogP contribution is 2.43. The summed E-state index contributed by atoms with van der Waals surface area (Å²) >= 11 is 3.62. The van der Waals surface area contributed by atoms with E-state index in [1.54, 1.807) is 0 Å². The maximum Gasteiger partial charge on any atom is 0.145 e. The Balaban J connectivity index is 1.29. The minimum absolute atomic E-state index is 0.906. The Kier molecular flexibility index (Phi) is 6.29.